The van der Waals surface area contributed by atoms with E-state index in [1.54, 1.807) is 19.1 Å². The number of carbonyl (C=O) groups is 3. The molecule has 4 aromatic carbocycles. The number of ether oxygens (including phenoxy) is 6. The van der Waals surface area contributed by atoms with E-state index in [1.165, 1.54) is 51.4 Å². The van der Waals surface area contributed by atoms with E-state index in [1.807, 2.05) is 86.0 Å². The topological polar surface area (TPSA) is 110 Å². The van der Waals surface area contributed by atoms with E-state index in [9.17, 15) is 31.9 Å². The van der Waals surface area contributed by atoms with Crippen molar-refractivity contribution in [2.45, 2.75) is 135 Å². The van der Waals surface area contributed by atoms with Crippen molar-refractivity contribution in [1.29, 1.82) is 0 Å². The third-order valence-corrected chi connectivity index (χ3v) is 19.0. The van der Waals surface area contributed by atoms with Crippen LogP contribution in [0.15, 0.2) is 84.9 Å². The van der Waals surface area contributed by atoms with Crippen molar-refractivity contribution >= 4 is 17.8 Å². The molecule has 5 aliphatic rings. The van der Waals surface area contributed by atoms with Gasteiger partial charge in [0.15, 0.2) is 11.6 Å². The van der Waals surface area contributed by atoms with Gasteiger partial charge in [-0.2, -0.15) is 8.78 Å². The number of rotatable bonds is 18. The van der Waals surface area contributed by atoms with Gasteiger partial charge in [0.25, 0.3) is 0 Å². The third kappa shape index (κ3) is 10.7. The molecule has 0 radical (unpaired) electrons. The van der Waals surface area contributed by atoms with Crippen LogP contribution in [-0.4, -0.2) is 75.5 Å². The summed E-state index contributed by atoms with van der Waals surface area (Å²) in [7, 11) is 5.08. The van der Waals surface area contributed by atoms with Gasteiger partial charge < -0.3 is 33.3 Å². The molecule has 10 nitrogen and oxygen atoms in total. The number of hydrogen-bond donors (Lipinski definition) is 0. The number of hydrogen-bond acceptors (Lipinski definition) is 9. The molecule has 0 aromatic heterocycles. The van der Waals surface area contributed by atoms with E-state index in [-0.39, 0.29) is 37.0 Å². The number of esters is 2. The second kappa shape index (κ2) is 22.6. The summed E-state index contributed by atoms with van der Waals surface area (Å²) in [5, 5.41) is 0. The summed E-state index contributed by atoms with van der Waals surface area (Å²) in [6.07, 6.45) is 10.6. The van der Waals surface area contributed by atoms with Gasteiger partial charge in [-0.05, 0) is 152 Å². The largest absolute Gasteiger partial charge is 0.497 e. The summed E-state index contributed by atoms with van der Waals surface area (Å²) >= 11 is 0. The first-order chi connectivity index (χ1) is 36.0. The highest BCUT2D eigenvalue weighted by Crippen LogP contribution is 2.68. The normalized spacial score (nSPS) is 28.6. The fraction of sp³-hybridized carbons (Fsp3) is 0.557. The Morgan fingerprint density at radius 1 is 0.680 bits per heavy atom. The van der Waals surface area contributed by atoms with Crippen LogP contribution in [0.4, 0.5) is 17.6 Å². The Morgan fingerprint density at radius 3 is 1.91 bits per heavy atom. The van der Waals surface area contributed by atoms with Gasteiger partial charge in [-0.3, -0.25) is 14.4 Å². The number of amides is 1. The quantitative estimate of drug-likeness (QED) is 0.0316. The minimum absolute atomic E-state index is 0.00175. The fourth-order valence-corrected chi connectivity index (χ4v) is 15.1. The van der Waals surface area contributed by atoms with Crippen LogP contribution in [0.2, 0.25) is 0 Å². The van der Waals surface area contributed by atoms with Crippen LogP contribution in [0.5, 0.6) is 17.2 Å². The second-order valence-electron chi connectivity index (χ2n) is 22.7. The maximum absolute atomic E-state index is 14.9. The highest BCUT2D eigenvalue weighted by Gasteiger charge is 2.61. The summed E-state index contributed by atoms with van der Waals surface area (Å²) in [6.45, 7) is 7.57. The molecule has 0 N–H and O–H groups in total. The fourth-order valence-electron chi connectivity index (χ4n) is 15.1. The maximum atomic E-state index is 14.9. The Bertz CT molecular complexity index is 2580. The van der Waals surface area contributed by atoms with Crippen molar-refractivity contribution in [1.82, 2.24) is 4.90 Å². The van der Waals surface area contributed by atoms with Crippen LogP contribution < -0.4 is 14.2 Å². The number of benzene rings is 4. The van der Waals surface area contributed by atoms with Gasteiger partial charge in [0.05, 0.1) is 52.4 Å². The summed E-state index contributed by atoms with van der Waals surface area (Å²) in [4.78, 5) is 42.7. The molecule has 9 rings (SSSR count). The van der Waals surface area contributed by atoms with Crippen LogP contribution in [0, 0.1) is 69.6 Å². The Balaban J connectivity index is 0.930. The minimum Gasteiger partial charge on any atom is -0.497 e. The molecule has 11 atom stereocenters. The van der Waals surface area contributed by atoms with Crippen molar-refractivity contribution in [2.24, 2.45) is 46.3 Å². The number of nitrogens with zero attached hydrogens (tertiary/aromatic N) is 1. The lowest BCUT2D eigenvalue weighted by Crippen LogP contribution is -2.54. The van der Waals surface area contributed by atoms with Gasteiger partial charge in [-0.25, -0.2) is 8.78 Å². The molecule has 1 amide bonds. The SMILES string of the molecule is COc1ccc(C(OC[C@@H]2C[C@@H](OC(=O)CCC(=O)Oc3c(F)c(F)cc(F)c3F)CN2C(=O)CC[C@@H](C)[C@H]2CC[C@H]3[C@@H]4CCC5C[C@H](OC)CC[C@]5(C)[C@H]4CC[C@]23C)(c2ccccc2)c2ccc(OC)cc2)cc1. The molecule has 4 aromatic rings. The Morgan fingerprint density at radius 2 is 1.28 bits per heavy atom. The number of likely N-dealkylation sites (tertiary alicyclic amines) is 1. The van der Waals surface area contributed by atoms with Crippen LogP contribution in [-0.2, 0) is 34.2 Å². The lowest BCUT2D eigenvalue weighted by molar-refractivity contribution is -0.151. The monoisotopic (exact) mass is 1040 g/mol. The first-order valence-electron chi connectivity index (χ1n) is 27.1. The zero-order valence-electron chi connectivity index (χ0n) is 44.2. The zero-order valence-corrected chi connectivity index (χ0v) is 44.2. The van der Waals surface area contributed by atoms with Crippen LogP contribution >= 0.6 is 0 Å². The van der Waals surface area contributed by atoms with Crippen molar-refractivity contribution in [2.75, 3.05) is 34.5 Å². The van der Waals surface area contributed by atoms with Crippen LogP contribution in [0.1, 0.15) is 127 Å². The van der Waals surface area contributed by atoms with Gasteiger partial charge in [0.1, 0.15) is 23.2 Å². The van der Waals surface area contributed by atoms with Gasteiger partial charge in [-0.1, -0.05) is 75.4 Å². The smallest absolute Gasteiger partial charge is 0.311 e. The predicted octanol–water partition coefficient (Wildman–Crippen LogP) is 12.6. The Hall–Kier alpha value is -5.47. The number of carbonyl (C=O) groups excluding carboxylic acids is 3. The molecule has 4 saturated carbocycles. The van der Waals surface area contributed by atoms with Crippen molar-refractivity contribution in [3.63, 3.8) is 0 Å². The summed E-state index contributed by atoms with van der Waals surface area (Å²) in [5.41, 5.74) is 1.83. The van der Waals surface area contributed by atoms with Crippen LogP contribution in [0.25, 0.3) is 0 Å². The Labute approximate surface area is 439 Å². The first kappa shape index (κ1) is 54.3. The molecule has 1 saturated heterocycles. The predicted molar refractivity (Wildman–Crippen MR) is 274 cm³/mol. The summed E-state index contributed by atoms with van der Waals surface area (Å²) in [5.74, 6) is -5.94. The number of fused-ring (bicyclic) bond motifs is 5. The van der Waals surface area contributed by atoms with E-state index in [0.717, 1.165) is 40.9 Å². The van der Waals surface area contributed by atoms with Gasteiger partial charge in [0, 0.05) is 26.0 Å². The maximum Gasteiger partial charge on any atom is 0.311 e. The second-order valence-corrected chi connectivity index (χ2v) is 22.7. The Kier molecular flexibility index (Phi) is 16.4. The molecule has 4 aliphatic carbocycles. The van der Waals surface area contributed by atoms with E-state index < -0.39 is 71.5 Å². The molecule has 0 spiro atoms. The molecular weight excluding hydrogens is 967 g/mol. The summed E-state index contributed by atoms with van der Waals surface area (Å²) in [6, 6.07) is 24.6. The average Bonchev–Trinajstić information content (AvgIpc) is 4.02. The van der Waals surface area contributed by atoms with E-state index in [0.29, 0.717) is 53.6 Å². The molecule has 404 valence electrons. The molecule has 5 fully saturated rings. The minimum atomic E-state index is -1.88. The highest BCUT2D eigenvalue weighted by molar-refractivity contribution is 5.79. The lowest BCUT2D eigenvalue weighted by Gasteiger charge is -2.61. The van der Waals surface area contributed by atoms with E-state index in [4.69, 9.17) is 23.7 Å². The van der Waals surface area contributed by atoms with Crippen molar-refractivity contribution in [3.05, 3.63) is 125 Å². The van der Waals surface area contributed by atoms with Crippen molar-refractivity contribution in [3.8, 4) is 17.2 Å². The van der Waals surface area contributed by atoms with Gasteiger partial charge in [0.2, 0.25) is 23.3 Å². The standard InChI is InChI=1S/C61H73F4NO9/c1-37(48-23-24-49-47-22-17-41-32-45(72-6)28-30-59(41,2)50(47)29-31-60(48,49)3)12-25-53(67)66-35-46(74-54(68)26-27-55(69)75-58-56(64)51(62)34-52(63)57(58)65)33-42(66)36-73-61(38-10-8-7-9-11-38,39-13-18-43(70-4)19-14-39)40-15-20-44(71-5)21-16-40/h7-11,13-16,18-21,34,37,41-42,45-50H,12,17,22-33,35-36H2,1-6H3/t37-,41?,42+,45-,46-,47+,48-,49+,50+,59+,60-/m1/s1. The zero-order chi connectivity index (χ0) is 53.2. The van der Waals surface area contributed by atoms with Gasteiger partial charge in [-0.15, -0.1) is 0 Å². The molecule has 0 bridgehead atoms. The molecule has 1 unspecified atom stereocenters. The van der Waals surface area contributed by atoms with E-state index in [2.05, 4.69) is 25.5 Å². The molecule has 14 heteroatoms. The molecule has 1 heterocycles. The highest BCUT2D eigenvalue weighted by atomic mass is 19.2. The summed E-state index contributed by atoms with van der Waals surface area (Å²) < 4.78 is 91.0. The molecular formula is C61H73F4NO9. The molecule has 75 heavy (non-hydrogen) atoms. The van der Waals surface area contributed by atoms with E-state index >= 15 is 0 Å². The van der Waals surface area contributed by atoms with Gasteiger partial charge >= 0.3 is 11.9 Å². The lowest BCUT2D eigenvalue weighted by atomic mass is 9.44. The van der Waals surface area contributed by atoms with Crippen molar-refractivity contribution < 1.29 is 60.4 Å². The first-order valence-corrected chi connectivity index (χ1v) is 27.1. The average molecular weight is 1040 g/mol. The number of halogens is 4. The molecule has 1 aliphatic heterocycles. The third-order valence-electron chi connectivity index (χ3n) is 19.0. The van der Waals surface area contributed by atoms with Crippen LogP contribution in [0.3, 0.4) is 0 Å². The number of methoxy groups -OCH3 is 3.